The van der Waals surface area contributed by atoms with Crippen LogP contribution in [0.5, 0.6) is 0 Å². The van der Waals surface area contributed by atoms with Crippen molar-refractivity contribution in [2.24, 2.45) is 0 Å². The Labute approximate surface area is 134 Å². The molecular weight excluding hydrogens is 311 g/mol. The van der Waals surface area contributed by atoms with Crippen LogP contribution in [0.25, 0.3) is 0 Å². The second-order valence-corrected chi connectivity index (χ2v) is 5.04. The predicted molar refractivity (Wildman–Crippen MR) is 86.7 cm³/mol. The molecule has 0 unspecified atom stereocenters. The van der Waals surface area contributed by atoms with Gasteiger partial charge in [0.15, 0.2) is 0 Å². The van der Waals surface area contributed by atoms with E-state index in [1.54, 1.807) is 36.4 Å². The minimum Gasteiger partial charge on any atom is -0.333 e. The molecular formula is C15H16Cl2N2O2. The number of allylic oxidation sites excluding steroid dienone is 3. The number of para-hydroxylation sites is 1. The Kier molecular flexibility index (Phi) is 6.99. The van der Waals surface area contributed by atoms with Crippen LogP contribution in [0.3, 0.4) is 0 Å². The summed E-state index contributed by atoms with van der Waals surface area (Å²) < 4.78 is 0. The van der Waals surface area contributed by atoms with E-state index in [1.807, 2.05) is 6.92 Å². The largest absolute Gasteiger partial charge is 0.333 e. The SMILES string of the molecule is C/C=C/C=C/C(=O)N(C)CC(=O)Nc1c(Cl)cccc1Cl. The zero-order chi connectivity index (χ0) is 15.8. The lowest BCUT2D eigenvalue weighted by Crippen LogP contribution is -2.34. The smallest absolute Gasteiger partial charge is 0.246 e. The maximum Gasteiger partial charge on any atom is 0.246 e. The summed E-state index contributed by atoms with van der Waals surface area (Å²) >= 11 is 11.9. The van der Waals surface area contributed by atoms with Crippen molar-refractivity contribution in [1.29, 1.82) is 0 Å². The number of halogens is 2. The molecule has 1 aromatic carbocycles. The number of nitrogens with zero attached hydrogens (tertiary/aromatic N) is 1. The van der Waals surface area contributed by atoms with Crippen LogP contribution in [0.15, 0.2) is 42.5 Å². The Morgan fingerprint density at radius 1 is 1.24 bits per heavy atom. The molecule has 2 amide bonds. The molecule has 21 heavy (non-hydrogen) atoms. The number of likely N-dealkylation sites (N-methyl/N-ethyl adjacent to an activating group) is 1. The molecule has 0 spiro atoms. The first-order chi connectivity index (χ1) is 9.95. The van der Waals surface area contributed by atoms with E-state index in [2.05, 4.69) is 5.32 Å². The van der Waals surface area contributed by atoms with Gasteiger partial charge in [0.2, 0.25) is 11.8 Å². The van der Waals surface area contributed by atoms with Crippen molar-refractivity contribution in [2.75, 3.05) is 18.9 Å². The van der Waals surface area contributed by atoms with Crippen molar-refractivity contribution in [2.45, 2.75) is 6.92 Å². The molecule has 0 bridgehead atoms. The molecule has 0 aliphatic heterocycles. The van der Waals surface area contributed by atoms with Crippen LogP contribution in [-0.2, 0) is 9.59 Å². The third-order valence-electron chi connectivity index (χ3n) is 2.53. The number of carbonyl (C=O) groups excluding carboxylic acids is 2. The highest BCUT2D eigenvalue weighted by Gasteiger charge is 2.13. The van der Waals surface area contributed by atoms with Crippen molar-refractivity contribution in [3.8, 4) is 0 Å². The molecule has 0 aliphatic carbocycles. The Morgan fingerprint density at radius 3 is 2.43 bits per heavy atom. The van der Waals surface area contributed by atoms with Crippen LogP contribution in [0.1, 0.15) is 6.92 Å². The number of carbonyl (C=O) groups is 2. The summed E-state index contributed by atoms with van der Waals surface area (Å²) in [5, 5.41) is 3.29. The van der Waals surface area contributed by atoms with E-state index in [0.717, 1.165) is 0 Å². The van der Waals surface area contributed by atoms with Gasteiger partial charge in [-0.05, 0) is 19.1 Å². The van der Waals surface area contributed by atoms with E-state index in [-0.39, 0.29) is 18.4 Å². The fourth-order valence-corrected chi connectivity index (χ4v) is 1.96. The van der Waals surface area contributed by atoms with Crippen molar-refractivity contribution in [3.05, 3.63) is 52.5 Å². The highest BCUT2D eigenvalue weighted by Crippen LogP contribution is 2.29. The summed E-state index contributed by atoms with van der Waals surface area (Å²) in [5.74, 6) is -0.645. The summed E-state index contributed by atoms with van der Waals surface area (Å²) in [6, 6.07) is 4.93. The number of rotatable bonds is 5. The first-order valence-electron chi connectivity index (χ1n) is 6.24. The molecule has 0 atom stereocenters. The van der Waals surface area contributed by atoms with E-state index in [0.29, 0.717) is 15.7 Å². The van der Waals surface area contributed by atoms with Gasteiger partial charge in [0.25, 0.3) is 0 Å². The Bertz CT molecular complexity index is 563. The Hall–Kier alpha value is -1.78. The van der Waals surface area contributed by atoms with Gasteiger partial charge in [0, 0.05) is 13.1 Å². The second kappa shape index (κ2) is 8.49. The van der Waals surface area contributed by atoms with Crippen LogP contribution in [0.2, 0.25) is 10.0 Å². The molecule has 112 valence electrons. The Balaban J connectivity index is 2.63. The van der Waals surface area contributed by atoms with E-state index < -0.39 is 0 Å². The number of amides is 2. The van der Waals surface area contributed by atoms with Crippen LogP contribution in [-0.4, -0.2) is 30.3 Å². The topological polar surface area (TPSA) is 49.4 Å². The Morgan fingerprint density at radius 2 is 1.86 bits per heavy atom. The summed E-state index contributed by atoms with van der Waals surface area (Å²) in [7, 11) is 1.54. The van der Waals surface area contributed by atoms with E-state index in [4.69, 9.17) is 23.2 Å². The molecule has 1 N–H and O–H groups in total. The second-order valence-electron chi connectivity index (χ2n) is 4.22. The van der Waals surface area contributed by atoms with Gasteiger partial charge in [0.1, 0.15) is 0 Å². The van der Waals surface area contributed by atoms with Gasteiger partial charge >= 0.3 is 0 Å². The van der Waals surface area contributed by atoms with Crippen molar-refractivity contribution < 1.29 is 9.59 Å². The lowest BCUT2D eigenvalue weighted by Gasteiger charge is -2.15. The molecule has 0 saturated heterocycles. The van der Waals surface area contributed by atoms with E-state index in [9.17, 15) is 9.59 Å². The van der Waals surface area contributed by atoms with Gasteiger partial charge in [0.05, 0.1) is 22.3 Å². The molecule has 0 saturated carbocycles. The fraction of sp³-hybridized carbons (Fsp3) is 0.200. The number of anilines is 1. The van der Waals surface area contributed by atoms with Crippen LogP contribution >= 0.6 is 23.2 Å². The standard InChI is InChI=1S/C15H16Cl2N2O2/c1-3-4-5-9-14(21)19(2)10-13(20)18-15-11(16)7-6-8-12(15)17/h3-9H,10H2,1-2H3,(H,18,20)/b4-3+,9-5+. The summed E-state index contributed by atoms with van der Waals surface area (Å²) in [6.45, 7) is 1.75. The first-order valence-corrected chi connectivity index (χ1v) is 6.99. The molecule has 0 heterocycles. The van der Waals surface area contributed by atoms with Gasteiger partial charge in [-0.15, -0.1) is 0 Å². The quantitative estimate of drug-likeness (QED) is 0.664. The molecule has 0 fully saturated rings. The zero-order valence-corrected chi connectivity index (χ0v) is 13.3. The average Bonchev–Trinajstić information content (AvgIpc) is 2.43. The van der Waals surface area contributed by atoms with Crippen LogP contribution in [0, 0.1) is 0 Å². The lowest BCUT2D eigenvalue weighted by atomic mass is 10.3. The molecule has 1 rings (SSSR count). The summed E-state index contributed by atoms with van der Waals surface area (Å²) in [4.78, 5) is 24.9. The van der Waals surface area contributed by atoms with Gasteiger partial charge in [-0.2, -0.15) is 0 Å². The lowest BCUT2D eigenvalue weighted by molar-refractivity contribution is -0.129. The maximum absolute atomic E-state index is 11.9. The number of hydrogen-bond acceptors (Lipinski definition) is 2. The number of nitrogens with one attached hydrogen (secondary N) is 1. The van der Waals surface area contributed by atoms with Crippen molar-refractivity contribution in [1.82, 2.24) is 4.90 Å². The van der Waals surface area contributed by atoms with Crippen molar-refractivity contribution in [3.63, 3.8) is 0 Å². The third kappa shape index (κ3) is 5.61. The van der Waals surface area contributed by atoms with Crippen LogP contribution in [0.4, 0.5) is 5.69 Å². The predicted octanol–water partition coefficient (Wildman–Crippen LogP) is 3.52. The monoisotopic (exact) mass is 326 g/mol. The zero-order valence-electron chi connectivity index (χ0n) is 11.8. The normalized spacial score (nSPS) is 11.0. The van der Waals surface area contributed by atoms with Gasteiger partial charge in [-0.25, -0.2) is 0 Å². The fourth-order valence-electron chi connectivity index (χ4n) is 1.47. The molecule has 1 aromatic rings. The molecule has 0 radical (unpaired) electrons. The first kappa shape index (κ1) is 17.3. The van der Waals surface area contributed by atoms with Crippen LogP contribution < -0.4 is 5.32 Å². The highest BCUT2D eigenvalue weighted by molar-refractivity contribution is 6.39. The van der Waals surface area contributed by atoms with Crippen molar-refractivity contribution >= 4 is 40.7 Å². The maximum atomic E-state index is 11.9. The van der Waals surface area contributed by atoms with E-state index in [1.165, 1.54) is 18.0 Å². The summed E-state index contributed by atoms with van der Waals surface area (Å²) in [6.07, 6.45) is 6.53. The molecule has 6 heteroatoms. The number of hydrogen-bond donors (Lipinski definition) is 1. The van der Waals surface area contributed by atoms with E-state index >= 15 is 0 Å². The number of benzene rings is 1. The molecule has 4 nitrogen and oxygen atoms in total. The minimum absolute atomic E-state index is 0.0967. The minimum atomic E-state index is -0.375. The summed E-state index contributed by atoms with van der Waals surface area (Å²) in [5.41, 5.74) is 0.344. The van der Waals surface area contributed by atoms with Gasteiger partial charge in [-0.3, -0.25) is 9.59 Å². The van der Waals surface area contributed by atoms with Gasteiger partial charge in [-0.1, -0.05) is 47.5 Å². The molecule has 0 aromatic heterocycles. The highest BCUT2D eigenvalue weighted by atomic mass is 35.5. The third-order valence-corrected chi connectivity index (χ3v) is 3.16. The van der Waals surface area contributed by atoms with Gasteiger partial charge < -0.3 is 10.2 Å². The molecule has 0 aliphatic rings. The average molecular weight is 327 g/mol.